The van der Waals surface area contributed by atoms with E-state index in [4.69, 9.17) is 5.11 Å². The molecule has 3 nitrogen and oxygen atoms in total. The van der Waals surface area contributed by atoms with E-state index in [2.05, 4.69) is 5.32 Å². The van der Waals surface area contributed by atoms with Gasteiger partial charge in [-0.25, -0.2) is 0 Å². The normalized spacial score (nSPS) is 14.9. The lowest BCUT2D eigenvalue weighted by molar-refractivity contribution is 0.230. The first-order valence-corrected chi connectivity index (χ1v) is 5.33. The summed E-state index contributed by atoms with van der Waals surface area (Å²) in [6.07, 6.45) is 0.889. The maximum absolute atomic E-state index is 9.33. The van der Waals surface area contributed by atoms with Crippen molar-refractivity contribution >= 4 is 0 Å². The van der Waals surface area contributed by atoms with E-state index < -0.39 is 0 Å². The van der Waals surface area contributed by atoms with Crippen LogP contribution in [0.25, 0.3) is 0 Å². The zero-order valence-corrected chi connectivity index (χ0v) is 9.27. The van der Waals surface area contributed by atoms with Gasteiger partial charge in [0.15, 0.2) is 0 Å². The highest BCUT2D eigenvalue weighted by molar-refractivity contribution is 5.29. The summed E-state index contributed by atoms with van der Waals surface area (Å²) in [4.78, 5) is 0. The van der Waals surface area contributed by atoms with Crippen molar-refractivity contribution in [2.75, 3.05) is 6.61 Å². The zero-order valence-electron chi connectivity index (χ0n) is 9.27. The van der Waals surface area contributed by atoms with Crippen LogP contribution in [0.4, 0.5) is 0 Å². The number of aromatic hydroxyl groups is 1. The van der Waals surface area contributed by atoms with Gasteiger partial charge in [-0.1, -0.05) is 19.1 Å². The predicted octanol–water partition coefficient (Wildman–Crippen LogP) is 1.81. The van der Waals surface area contributed by atoms with E-state index in [0.29, 0.717) is 0 Å². The SMILES string of the molecule is CCC(CO)NC(C)c1cccc(O)c1. The van der Waals surface area contributed by atoms with Crippen LogP contribution in [-0.4, -0.2) is 22.9 Å². The molecule has 1 rings (SSSR count). The van der Waals surface area contributed by atoms with Crippen molar-refractivity contribution in [2.24, 2.45) is 0 Å². The van der Waals surface area contributed by atoms with Gasteiger partial charge in [-0.15, -0.1) is 0 Å². The average molecular weight is 209 g/mol. The number of aliphatic hydroxyl groups is 1. The van der Waals surface area contributed by atoms with E-state index in [1.165, 1.54) is 0 Å². The van der Waals surface area contributed by atoms with Crippen LogP contribution in [0.5, 0.6) is 5.75 Å². The molecule has 84 valence electrons. The summed E-state index contributed by atoms with van der Waals surface area (Å²) < 4.78 is 0. The van der Waals surface area contributed by atoms with E-state index in [1.54, 1.807) is 12.1 Å². The number of benzene rings is 1. The quantitative estimate of drug-likeness (QED) is 0.693. The smallest absolute Gasteiger partial charge is 0.115 e. The van der Waals surface area contributed by atoms with Crippen LogP contribution < -0.4 is 5.32 Å². The summed E-state index contributed by atoms with van der Waals surface area (Å²) in [5.41, 5.74) is 1.03. The molecule has 0 heterocycles. The third-order valence-electron chi connectivity index (χ3n) is 2.57. The van der Waals surface area contributed by atoms with Crippen LogP contribution >= 0.6 is 0 Å². The minimum atomic E-state index is 0.113. The van der Waals surface area contributed by atoms with Crippen LogP contribution in [-0.2, 0) is 0 Å². The molecule has 0 spiro atoms. The van der Waals surface area contributed by atoms with Crippen LogP contribution in [0.2, 0.25) is 0 Å². The summed E-state index contributed by atoms with van der Waals surface area (Å²) >= 11 is 0. The minimum absolute atomic E-state index is 0.113. The number of rotatable bonds is 5. The summed E-state index contributed by atoms with van der Waals surface area (Å²) in [5.74, 6) is 0.276. The molecule has 0 amide bonds. The Balaban J connectivity index is 2.64. The molecule has 0 saturated carbocycles. The molecule has 1 aromatic carbocycles. The van der Waals surface area contributed by atoms with Gasteiger partial charge in [0, 0.05) is 12.1 Å². The van der Waals surface area contributed by atoms with E-state index in [0.717, 1.165) is 12.0 Å². The number of phenolic OH excluding ortho intramolecular Hbond substituents is 1. The lowest BCUT2D eigenvalue weighted by atomic mass is 10.1. The fourth-order valence-corrected chi connectivity index (χ4v) is 1.54. The molecule has 0 saturated heterocycles. The van der Waals surface area contributed by atoms with E-state index in [1.807, 2.05) is 26.0 Å². The Kier molecular flexibility index (Phi) is 4.59. The van der Waals surface area contributed by atoms with E-state index in [-0.39, 0.29) is 24.4 Å². The van der Waals surface area contributed by atoms with Gasteiger partial charge in [-0.2, -0.15) is 0 Å². The van der Waals surface area contributed by atoms with Crippen LogP contribution in [0.3, 0.4) is 0 Å². The minimum Gasteiger partial charge on any atom is -0.508 e. The van der Waals surface area contributed by atoms with Gasteiger partial charge in [0.2, 0.25) is 0 Å². The molecular formula is C12H19NO2. The molecule has 2 atom stereocenters. The fourth-order valence-electron chi connectivity index (χ4n) is 1.54. The monoisotopic (exact) mass is 209 g/mol. The molecule has 1 aromatic rings. The molecule has 0 radical (unpaired) electrons. The van der Waals surface area contributed by atoms with Crippen molar-refractivity contribution in [3.8, 4) is 5.75 Å². The highest BCUT2D eigenvalue weighted by Gasteiger charge is 2.10. The summed E-state index contributed by atoms with van der Waals surface area (Å²) in [6, 6.07) is 7.42. The van der Waals surface area contributed by atoms with Gasteiger partial charge in [-0.05, 0) is 31.0 Å². The maximum atomic E-state index is 9.33. The van der Waals surface area contributed by atoms with Gasteiger partial charge in [0.25, 0.3) is 0 Å². The number of nitrogens with one attached hydrogen (secondary N) is 1. The molecule has 3 heteroatoms. The van der Waals surface area contributed by atoms with Crippen molar-refractivity contribution < 1.29 is 10.2 Å². The Labute approximate surface area is 90.8 Å². The molecule has 0 aliphatic rings. The Bertz CT molecular complexity index is 297. The lowest BCUT2D eigenvalue weighted by Gasteiger charge is -2.20. The Morgan fingerprint density at radius 1 is 1.40 bits per heavy atom. The first kappa shape index (κ1) is 12.0. The fraction of sp³-hybridized carbons (Fsp3) is 0.500. The molecular weight excluding hydrogens is 190 g/mol. The summed E-state index contributed by atoms with van der Waals surface area (Å²) in [6.45, 7) is 4.19. The number of phenols is 1. The second-order valence-corrected chi connectivity index (χ2v) is 3.77. The summed E-state index contributed by atoms with van der Waals surface area (Å²) in [7, 11) is 0. The maximum Gasteiger partial charge on any atom is 0.115 e. The topological polar surface area (TPSA) is 52.5 Å². The molecule has 0 aliphatic carbocycles. The van der Waals surface area contributed by atoms with Gasteiger partial charge in [0.05, 0.1) is 6.61 Å². The third-order valence-corrected chi connectivity index (χ3v) is 2.57. The number of aliphatic hydroxyl groups excluding tert-OH is 1. The van der Waals surface area contributed by atoms with E-state index >= 15 is 0 Å². The average Bonchev–Trinajstić information content (AvgIpc) is 2.25. The highest BCUT2D eigenvalue weighted by Crippen LogP contribution is 2.18. The third kappa shape index (κ3) is 3.53. The second kappa shape index (κ2) is 5.73. The Hall–Kier alpha value is -1.06. The molecule has 15 heavy (non-hydrogen) atoms. The van der Waals surface area contributed by atoms with Gasteiger partial charge >= 0.3 is 0 Å². The molecule has 2 unspecified atom stereocenters. The first-order chi connectivity index (χ1) is 7.17. The molecule has 0 aliphatic heterocycles. The van der Waals surface area contributed by atoms with Crippen LogP contribution in [0, 0.1) is 0 Å². The van der Waals surface area contributed by atoms with Crippen molar-refractivity contribution in [1.29, 1.82) is 0 Å². The Morgan fingerprint density at radius 2 is 2.13 bits per heavy atom. The standard InChI is InChI=1S/C12H19NO2/c1-3-11(8-14)13-9(2)10-5-4-6-12(15)7-10/h4-7,9,11,13-15H,3,8H2,1-2H3. The van der Waals surface area contributed by atoms with Crippen molar-refractivity contribution in [3.05, 3.63) is 29.8 Å². The summed E-state index contributed by atoms with van der Waals surface area (Å²) in [5, 5.41) is 21.7. The Morgan fingerprint density at radius 3 is 2.67 bits per heavy atom. The second-order valence-electron chi connectivity index (χ2n) is 3.77. The van der Waals surface area contributed by atoms with Crippen molar-refractivity contribution in [2.45, 2.75) is 32.4 Å². The van der Waals surface area contributed by atoms with E-state index in [9.17, 15) is 5.11 Å². The largest absolute Gasteiger partial charge is 0.508 e. The first-order valence-electron chi connectivity index (χ1n) is 5.33. The van der Waals surface area contributed by atoms with Crippen molar-refractivity contribution in [1.82, 2.24) is 5.32 Å². The zero-order chi connectivity index (χ0) is 11.3. The molecule has 3 N–H and O–H groups in total. The van der Waals surface area contributed by atoms with Gasteiger partial charge in [0.1, 0.15) is 5.75 Å². The number of hydrogen-bond donors (Lipinski definition) is 3. The van der Waals surface area contributed by atoms with Crippen LogP contribution in [0.15, 0.2) is 24.3 Å². The van der Waals surface area contributed by atoms with Crippen molar-refractivity contribution in [3.63, 3.8) is 0 Å². The molecule has 0 fully saturated rings. The number of hydrogen-bond acceptors (Lipinski definition) is 3. The molecule has 0 bridgehead atoms. The predicted molar refractivity (Wildman–Crippen MR) is 60.8 cm³/mol. The highest BCUT2D eigenvalue weighted by atomic mass is 16.3. The van der Waals surface area contributed by atoms with Gasteiger partial charge in [-0.3, -0.25) is 0 Å². The molecule has 0 aromatic heterocycles. The van der Waals surface area contributed by atoms with Crippen LogP contribution in [0.1, 0.15) is 31.9 Å². The lowest BCUT2D eigenvalue weighted by Crippen LogP contribution is -2.33. The van der Waals surface area contributed by atoms with Gasteiger partial charge < -0.3 is 15.5 Å².